The number of aliphatic carboxylic acids is 1. The van der Waals surface area contributed by atoms with Crippen molar-refractivity contribution in [2.24, 2.45) is 0 Å². The van der Waals surface area contributed by atoms with E-state index in [0.29, 0.717) is 22.9 Å². The first-order valence-electron chi connectivity index (χ1n) is 8.95. The molecule has 0 saturated heterocycles. The Balaban J connectivity index is 2.84. The van der Waals surface area contributed by atoms with Crippen molar-refractivity contribution in [2.75, 3.05) is 13.2 Å². The first kappa shape index (κ1) is 22.8. The highest BCUT2D eigenvalue weighted by molar-refractivity contribution is 6.30. The molecule has 0 saturated carbocycles. The van der Waals surface area contributed by atoms with E-state index in [4.69, 9.17) is 21.1 Å². The standard InChI is InChI=1S/C20H28ClNO5/c1-5-6-11-26-17-8-7-16(21)13-15(17)12-14(18(23)24)9-10-22-19(25)27-20(2,3)4/h7-8,12-13H,5-6,9-11H2,1-4H3,(H,22,25)(H,23,24)/b14-12-. The van der Waals surface area contributed by atoms with Crippen LogP contribution < -0.4 is 10.1 Å². The third-order valence-electron chi connectivity index (χ3n) is 3.39. The number of carbonyl (C=O) groups is 2. The molecule has 0 fully saturated rings. The Hall–Kier alpha value is -2.21. The number of rotatable bonds is 9. The van der Waals surface area contributed by atoms with E-state index in [1.165, 1.54) is 6.08 Å². The second-order valence-corrected chi connectivity index (χ2v) is 7.47. The van der Waals surface area contributed by atoms with Crippen LogP contribution in [0.2, 0.25) is 5.02 Å². The first-order chi connectivity index (χ1) is 12.6. The quantitative estimate of drug-likeness (QED) is 0.457. The van der Waals surface area contributed by atoms with E-state index < -0.39 is 17.7 Å². The molecule has 1 rings (SSSR count). The number of carboxylic acid groups (broad SMARTS) is 1. The highest BCUT2D eigenvalue weighted by atomic mass is 35.5. The van der Waals surface area contributed by atoms with Gasteiger partial charge in [-0.25, -0.2) is 9.59 Å². The number of hydrogen-bond acceptors (Lipinski definition) is 4. The Labute approximate surface area is 165 Å². The monoisotopic (exact) mass is 397 g/mol. The molecule has 27 heavy (non-hydrogen) atoms. The number of unbranched alkanes of at least 4 members (excludes halogenated alkanes) is 1. The molecule has 0 aliphatic rings. The predicted octanol–water partition coefficient (Wildman–Crippen LogP) is 4.90. The van der Waals surface area contributed by atoms with Gasteiger partial charge in [0.2, 0.25) is 0 Å². The van der Waals surface area contributed by atoms with Gasteiger partial charge in [0.25, 0.3) is 0 Å². The molecule has 0 unspecified atom stereocenters. The molecule has 0 radical (unpaired) electrons. The molecular weight excluding hydrogens is 370 g/mol. The number of halogens is 1. The number of ether oxygens (including phenoxy) is 2. The van der Waals surface area contributed by atoms with Crippen LogP contribution in [0, 0.1) is 0 Å². The fourth-order valence-corrected chi connectivity index (χ4v) is 2.31. The van der Waals surface area contributed by atoms with Gasteiger partial charge in [0, 0.05) is 22.7 Å². The molecule has 2 N–H and O–H groups in total. The summed E-state index contributed by atoms with van der Waals surface area (Å²) >= 11 is 6.04. The number of nitrogens with one attached hydrogen (secondary N) is 1. The fourth-order valence-electron chi connectivity index (χ4n) is 2.13. The van der Waals surface area contributed by atoms with Gasteiger partial charge in [-0.05, 0) is 57.9 Å². The van der Waals surface area contributed by atoms with Gasteiger partial charge in [-0.2, -0.15) is 0 Å². The molecule has 1 aromatic carbocycles. The Morgan fingerprint density at radius 1 is 1.30 bits per heavy atom. The summed E-state index contributed by atoms with van der Waals surface area (Å²) in [5, 5.41) is 12.5. The molecule has 0 atom stereocenters. The number of hydrogen-bond donors (Lipinski definition) is 2. The van der Waals surface area contributed by atoms with E-state index in [0.717, 1.165) is 12.8 Å². The van der Waals surface area contributed by atoms with Gasteiger partial charge in [0.05, 0.1) is 6.61 Å². The fraction of sp³-hybridized carbons (Fsp3) is 0.500. The van der Waals surface area contributed by atoms with Gasteiger partial charge >= 0.3 is 12.1 Å². The molecule has 150 valence electrons. The number of alkyl carbamates (subject to hydrolysis) is 1. The minimum Gasteiger partial charge on any atom is -0.493 e. The van der Waals surface area contributed by atoms with Crippen LogP contribution in [0.15, 0.2) is 23.8 Å². The van der Waals surface area contributed by atoms with E-state index in [1.54, 1.807) is 39.0 Å². The molecule has 0 spiro atoms. The van der Waals surface area contributed by atoms with Crippen molar-refractivity contribution in [2.45, 2.75) is 52.6 Å². The van der Waals surface area contributed by atoms with Crippen LogP contribution in [0.1, 0.15) is 52.5 Å². The van der Waals surface area contributed by atoms with E-state index in [-0.39, 0.29) is 18.5 Å². The normalized spacial score (nSPS) is 11.8. The van der Waals surface area contributed by atoms with Gasteiger partial charge in [-0.3, -0.25) is 0 Å². The lowest BCUT2D eigenvalue weighted by Crippen LogP contribution is -2.33. The van der Waals surface area contributed by atoms with Crippen molar-refractivity contribution in [3.05, 3.63) is 34.4 Å². The predicted molar refractivity (Wildman–Crippen MR) is 106 cm³/mol. The van der Waals surface area contributed by atoms with E-state index in [1.807, 2.05) is 0 Å². The molecule has 7 heteroatoms. The van der Waals surface area contributed by atoms with Gasteiger partial charge in [-0.1, -0.05) is 24.9 Å². The summed E-state index contributed by atoms with van der Waals surface area (Å²) < 4.78 is 10.9. The Morgan fingerprint density at radius 3 is 2.59 bits per heavy atom. The number of benzene rings is 1. The van der Waals surface area contributed by atoms with E-state index in [9.17, 15) is 14.7 Å². The third-order valence-corrected chi connectivity index (χ3v) is 3.63. The SMILES string of the molecule is CCCCOc1ccc(Cl)cc1/C=C(/CCNC(=O)OC(C)(C)C)C(=O)O. The summed E-state index contributed by atoms with van der Waals surface area (Å²) in [6.07, 6.45) is 2.97. The van der Waals surface area contributed by atoms with Gasteiger partial charge < -0.3 is 19.9 Å². The van der Waals surface area contributed by atoms with Crippen molar-refractivity contribution >= 4 is 29.7 Å². The van der Waals surface area contributed by atoms with Crippen LogP contribution in [0.3, 0.4) is 0 Å². The van der Waals surface area contributed by atoms with Gasteiger partial charge in [0.15, 0.2) is 0 Å². The zero-order valence-corrected chi connectivity index (χ0v) is 17.1. The lowest BCUT2D eigenvalue weighted by Gasteiger charge is -2.19. The van der Waals surface area contributed by atoms with Crippen LogP contribution in [-0.2, 0) is 9.53 Å². The molecule has 1 amide bonds. The summed E-state index contributed by atoms with van der Waals surface area (Å²) in [5.74, 6) is -0.493. The average Bonchev–Trinajstić information content (AvgIpc) is 2.54. The second-order valence-electron chi connectivity index (χ2n) is 7.04. The Bertz CT molecular complexity index is 679. The summed E-state index contributed by atoms with van der Waals surface area (Å²) in [6, 6.07) is 5.08. The summed E-state index contributed by atoms with van der Waals surface area (Å²) in [7, 11) is 0. The maximum Gasteiger partial charge on any atom is 0.407 e. The number of amides is 1. The molecule has 0 aromatic heterocycles. The maximum absolute atomic E-state index is 11.7. The highest BCUT2D eigenvalue weighted by Gasteiger charge is 2.16. The number of carboxylic acids is 1. The molecule has 0 bridgehead atoms. The minimum absolute atomic E-state index is 0.133. The van der Waals surface area contributed by atoms with Crippen molar-refractivity contribution in [1.82, 2.24) is 5.32 Å². The summed E-state index contributed by atoms with van der Waals surface area (Å²) in [5.41, 5.74) is 0.114. The lowest BCUT2D eigenvalue weighted by molar-refractivity contribution is -0.132. The van der Waals surface area contributed by atoms with Crippen molar-refractivity contribution < 1.29 is 24.2 Å². The second kappa shape index (κ2) is 10.8. The van der Waals surface area contributed by atoms with Gasteiger partial charge in [0.1, 0.15) is 11.4 Å². The van der Waals surface area contributed by atoms with Crippen LogP contribution in [0.5, 0.6) is 5.75 Å². The largest absolute Gasteiger partial charge is 0.493 e. The average molecular weight is 398 g/mol. The zero-order chi connectivity index (χ0) is 20.4. The molecular formula is C20H28ClNO5. The topological polar surface area (TPSA) is 84.9 Å². The van der Waals surface area contributed by atoms with Crippen LogP contribution in [-0.4, -0.2) is 35.9 Å². The summed E-state index contributed by atoms with van der Waals surface area (Å²) in [4.78, 5) is 23.3. The Kier molecular flexibility index (Phi) is 9.15. The molecule has 6 nitrogen and oxygen atoms in total. The smallest absolute Gasteiger partial charge is 0.407 e. The van der Waals surface area contributed by atoms with Crippen molar-refractivity contribution in [1.29, 1.82) is 0 Å². The zero-order valence-electron chi connectivity index (χ0n) is 16.3. The third kappa shape index (κ3) is 9.33. The van der Waals surface area contributed by atoms with E-state index >= 15 is 0 Å². The first-order valence-corrected chi connectivity index (χ1v) is 9.33. The minimum atomic E-state index is -1.07. The molecule has 0 aliphatic carbocycles. The van der Waals surface area contributed by atoms with Crippen LogP contribution in [0.25, 0.3) is 6.08 Å². The van der Waals surface area contributed by atoms with Crippen molar-refractivity contribution in [3.63, 3.8) is 0 Å². The van der Waals surface area contributed by atoms with Crippen LogP contribution in [0.4, 0.5) is 4.79 Å². The summed E-state index contributed by atoms with van der Waals surface area (Å²) in [6.45, 7) is 8.02. The maximum atomic E-state index is 11.7. The van der Waals surface area contributed by atoms with Crippen LogP contribution >= 0.6 is 11.6 Å². The van der Waals surface area contributed by atoms with E-state index in [2.05, 4.69) is 12.2 Å². The highest BCUT2D eigenvalue weighted by Crippen LogP contribution is 2.26. The molecule has 0 heterocycles. The van der Waals surface area contributed by atoms with Crippen molar-refractivity contribution in [3.8, 4) is 5.75 Å². The Morgan fingerprint density at radius 2 is 2.00 bits per heavy atom. The number of carbonyl (C=O) groups excluding carboxylic acids is 1. The lowest BCUT2D eigenvalue weighted by atomic mass is 10.1. The van der Waals surface area contributed by atoms with Gasteiger partial charge in [-0.15, -0.1) is 0 Å². The molecule has 1 aromatic rings. The molecule has 0 aliphatic heterocycles.